The van der Waals surface area contributed by atoms with Gasteiger partial charge >= 0.3 is 5.97 Å². The quantitative estimate of drug-likeness (QED) is 0.449. The molecule has 2 rings (SSSR count). The monoisotopic (exact) mass is 438 g/mol. The Morgan fingerprint density at radius 1 is 1.13 bits per heavy atom. The number of rotatable bonds is 9. The van der Waals surface area contributed by atoms with Crippen LogP contribution in [0.3, 0.4) is 0 Å². The number of carboxylic acid groups (broad SMARTS) is 1. The van der Waals surface area contributed by atoms with Crippen molar-refractivity contribution < 1.29 is 33.8 Å². The van der Waals surface area contributed by atoms with Crippen LogP contribution in [0.5, 0.6) is 17.2 Å². The molecule has 0 aliphatic carbocycles. The maximum absolute atomic E-state index is 12.8. The standard InChI is InChI=1S/C19H19ClN2O8/c1-28-15-6-10(7-16(29-2)18(15)30-3)19(25)21-14(9-17(23)24)12-8-11(22(26)27)4-5-13(12)20/h4-8,14H,9H2,1-3H3,(H,21,25)(H,23,24). The van der Waals surface area contributed by atoms with Gasteiger partial charge in [-0.15, -0.1) is 0 Å². The third-order valence-electron chi connectivity index (χ3n) is 4.18. The maximum atomic E-state index is 12.8. The second-order valence-electron chi connectivity index (χ2n) is 6.00. The number of hydrogen-bond acceptors (Lipinski definition) is 7. The second kappa shape index (κ2) is 9.79. The number of ether oxygens (including phenoxy) is 3. The first-order valence-electron chi connectivity index (χ1n) is 8.48. The van der Waals surface area contributed by atoms with E-state index >= 15 is 0 Å². The van der Waals surface area contributed by atoms with Crippen molar-refractivity contribution in [2.45, 2.75) is 12.5 Å². The predicted octanol–water partition coefficient (Wildman–Crippen LogP) is 3.22. The van der Waals surface area contributed by atoms with Crippen LogP contribution in [0.25, 0.3) is 0 Å². The van der Waals surface area contributed by atoms with Gasteiger partial charge in [-0.3, -0.25) is 19.7 Å². The molecule has 0 saturated carbocycles. The minimum Gasteiger partial charge on any atom is -0.493 e. The van der Waals surface area contributed by atoms with E-state index in [0.717, 1.165) is 6.07 Å². The summed E-state index contributed by atoms with van der Waals surface area (Å²) in [5, 5.41) is 22.9. The third kappa shape index (κ3) is 5.09. The smallest absolute Gasteiger partial charge is 0.305 e. The number of carboxylic acids is 1. The van der Waals surface area contributed by atoms with Crippen LogP contribution in [0.1, 0.15) is 28.4 Å². The van der Waals surface area contributed by atoms with Gasteiger partial charge in [-0.05, 0) is 18.2 Å². The number of nitro benzene ring substituents is 1. The molecule has 0 bridgehead atoms. The summed E-state index contributed by atoms with van der Waals surface area (Å²) in [4.78, 5) is 34.6. The molecule has 1 unspecified atom stereocenters. The topological polar surface area (TPSA) is 137 Å². The number of methoxy groups -OCH3 is 3. The van der Waals surface area contributed by atoms with E-state index in [9.17, 15) is 24.8 Å². The van der Waals surface area contributed by atoms with Crippen molar-refractivity contribution in [3.05, 3.63) is 56.6 Å². The Kier molecular flexibility index (Phi) is 7.43. The summed E-state index contributed by atoms with van der Waals surface area (Å²) in [6.45, 7) is 0. The fourth-order valence-corrected chi connectivity index (χ4v) is 3.03. The summed E-state index contributed by atoms with van der Waals surface area (Å²) >= 11 is 6.12. The van der Waals surface area contributed by atoms with Gasteiger partial charge in [0, 0.05) is 28.3 Å². The molecule has 0 spiro atoms. The van der Waals surface area contributed by atoms with Crippen molar-refractivity contribution in [3.63, 3.8) is 0 Å². The Morgan fingerprint density at radius 3 is 2.20 bits per heavy atom. The highest BCUT2D eigenvalue weighted by Gasteiger charge is 2.25. The molecular weight excluding hydrogens is 420 g/mol. The average Bonchev–Trinajstić information content (AvgIpc) is 2.71. The van der Waals surface area contributed by atoms with Crippen LogP contribution in [0.2, 0.25) is 5.02 Å². The molecule has 160 valence electrons. The second-order valence-corrected chi connectivity index (χ2v) is 6.41. The number of carbonyl (C=O) groups is 2. The van der Waals surface area contributed by atoms with Crippen LogP contribution in [0.15, 0.2) is 30.3 Å². The van der Waals surface area contributed by atoms with Crippen molar-refractivity contribution >= 4 is 29.2 Å². The van der Waals surface area contributed by atoms with E-state index in [-0.39, 0.29) is 39.1 Å². The van der Waals surface area contributed by atoms with E-state index in [4.69, 9.17) is 25.8 Å². The molecule has 1 atom stereocenters. The van der Waals surface area contributed by atoms with Crippen molar-refractivity contribution in [2.75, 3.05) is 21.3 Å². The molecule has 11 heteroatoms. The lowest BCUT2D eigenvalue weighted by molar-refractivity contribution is -0.384. The number of non-ortho nitro benzene ring substituents is 1. The molecule has 0 aliphatic rings. The minimum absolute atomic E-state index is 0.0806. The molecule has 10 nitrogen and oxygen atoms in total. The number of nitro groups is 1. The number of amides is 1. The van der Waals surface area contributed by atoms with Gasteiger partial charge < -0.3 is 24.6 Å². The first kappa shape index (κ1) is 22.8. The Balaban J connectivity index is 2.45. The van der Waals surface area contributed by atoms with Crippen LogP contribution in [-0.2, 0) is 4.79 Å². The molecule has 1 amide bonds. The first-order chi connectivity index (χ1) is 14.2. The van der Waals surface area contributed by atoms with Crippen molar-refractivity contribution in [2.24, 2.45) is 0 Å². The number of nitrogens with one attached hydrogen (secondary N) is 1. The lowest BCUT2D eigenvalue weighted by atomic mass is 10.0. The van der Waals surface area contributed by atoms with Gasteiger partial charge in [0.25, 0.3) is 11.6 Å². The average molecular weight is 439 g/mol. The number of carbonyl (C=O) groups excluding carboxylic acids is 1. The van der Waals surface area contributed by atoms with E-state index in [2.05, 4.69) is 5.32 Å². The lowest BCUT2D eigenvalue weighted by Gasteiger charge is -2.20. The van der Waals surface area contributed by atoms with Gasteiger partial charge in [0.15, 0.2) is 11.5 Å². The maximum Gasteiger partial charge on any atom is 0.305 e. The fraction of sp³-hybridized carbons (Fsp3) is 0.263. The molecule has 30 heavy (non-hydrogen) atoms. The van der Waals surface area contributed by atoms with Crippen molar-refractivity contribution in [1.82, 2.24) is 5.32 Å². The van der Waals surface area contributed by atoms with E-state index in [1.165, 1.54) is 45.6 Å². The molecule has 0 fully saturated rings. The predicted molar refractivity (Wildman–Crippen MR) is 107 cm³/mol. The number of nitrogens with zero attached hydrogens (tertiary/aromatic N) is 1. The lowest BCUT2D eigenvalue weighted by Crippen LogP contribution is -2.30. The van der Waals surface area contributed by atoms with E-state index < -0.39 is 29.3 Å². The van der Waals surface area contributed by atoms with Crippen molar-refractivity contribution in [1.29, 1.82) is 0 Å². The summed E-state index contributed by atoms with van der Waals surface area (Å²) in [6.07, 6.45) is -0.545. The number of halogens is 1. The largest absolute Gasteiger partial charge is 0.493 e. The summed E-state index contributed by atoms with van der Waals surface area (Å²) in [5.41, 5.74) is -0.0812. The highest BCUT2D eigenvalue weighted by molar-refractivity contribution is 6.31. The zero-order chi connectivity index (χ0) is 22.4. The van der Waals surface area contributed by atoms with E-state index in [1.54, 1.807) is 0 Å². The zero-order valence-electron chi connectivity index (χ0n) is 16.3. The van der Waals surface area contributed by atoms with Crippen LogP contribution in [-0.4, -0.2) is 43.2 Å². The summed E-state index contributed by atoms with van der Waals surface area (Å²) < 4.78 is 15.6. The Morgan fingerprint density at radius 2 is 1.73 bits per heavy atom. The SMILES string of the molecule is COc1cc(C(=O)NC(CC(=O)O)c2cc([N+](=O)[O-])ccc2Cl)cc(OC)c1OC. The molecule has 0 aromatic heterocycles. The van der Waals surface area contributed by atoms with Crippen LogP contribution in [0.4, 0.5) is 5.69 Å². The number of aliphatic carboxylic acids is 1. The van der Waals surface area contributed by atoms with Crippen LogP contribution < -0.4 is 19.5 Å². The molecule has 0 aliphatic heterocycles. The molecule has 2 aromatic carbocycles. The van der Waals surface area contributed by atoms with Gasteiger partial charge in [0.1, 0.15) is 0 Å². The number of benzene rings is 2. The highest BCUT2D eigenvalue weighted by atomic mass is 35.5. The molecule has 2 aromatic rings. The van der Waals surface area contributed by atoms with Gasteiger partial charge in [-0.2, -0.15) is 0 Å². The van der Waals surface area contributed by atoms with Crippen LogP contribution >= 0.6 is 11.6 Å². The first-order valence-corrected chi connectivity index (χ1v) is 8.86. The fourth-order valence-electron chi connectivity index (χ4n) is 2.78. The van der Waals surface area contributed by atoms with E-state index in [0.29, 0.717) is 0 Å². The van der Waals surface area contributed by atoms with E-state index in [1.807, 2.05) is 0 Å². The van der Waals surface area contributed by atoms with Gasteiger partial charge in [0.2, 0.25) is 5.75 Å². The summed E-state index contributed by atoms with van der Waals surface area (Å²) in [6, 6.07) is 5.25. The summed E-state index contributed by atoms with van der Waals surface area (Å²) in [7, 11) is 4.18. The highest BCUT2D eigenvalue weighted by Crippen LogP contribution is 2.38. The zero-order valence-corrected chi connectivity index (χ0v) is 17.1. The third-order valence-corrected chi connectivity index (χ3v) is 4.52. The Labute approximate surface area is 176 Å². The van der Waals surface area contributed by atoms with Gasteiger partial charge in [0.05, 0.1) is 38.7 Å². The molecule has 0 heterocycles. The minimum atomic E-state index is -1.23. The van der Waals surface area contributed by atoms with Gasteiger partial charge in [-0.25, -0.2) is 0 Å². The normalized spacial score (nSPS) is 11.3. The van der Waals surface area contributed by atoms with Crippen LogP contribution in [0, 0.1) is 10.1 Å². The molecule has 0 radical (unpaired) electrons. The molecule has 0 saturated heterocycles. The summed E-state index contributed by atoms with van der Waals surface area (Å²) in [5.74, 6) is -1.16. The Bertz CT molecular complexity index is 954. The van der Waals surface area contributed by atoms with Crippen molar-refractivity contribution in [3.8, 4) is 17.2 Å². The molecule has 2 N–H and O–H groups in total. The Hall–Kier alpha value is -3.53. The molecular formula is C19H19ClN2O8. The van der Waals surface area contributed by atoms with Gasteiger partial charge in [-0.1, -0.05) is 11.6 Å². The number of hydrogen-bond donors (Lipinski definition) is 2.